The highest BCUT2D eigenvalue weighted by Crippen LogP contribution is 2.13. The SMILES string of the molecule is CNC(NC(C)c1ccccc1)=C(C#N)C#N. The molecule has 0 bridgehead atoms. The van der Waals surface area contributed by atoms with Gasteiger partial charge in [0.05, 0.1) is 0 Å². The number of allylic oxidation sites excluding steroid dienone is 1. The van der Waals surface area contributed by atoms with Crippen molar-refractivity contribution in [1.82, 2.24) is 10.6 Å². The molecule has 0 aromatic heterocycles. The van der Waals surface area contributed by atoms with E-state index in [1.807, 2.05) is 49.4 Å². The largest absolute Gasteiger partial charge is 0.373 e. The lowest BCUT2D eigenvalue weighted by Gasteiger charge is -2.18. The van der Waals surface area contributed by atoms with E-state index in [4.69, 9.17) is 10.5 Å². The molecule has 1 aromatic rings. The second-order valence-corrected chi connectivity index (χ2v) is 3.50. The Labute approximate surface area is 101 Å². The Bertz CT molecular complexity index is 460. The van der Waals surface area contributed by atoms with E-state index in [1.54, 1.807) is 7.05 Å². The van der Waals surface area contributed by atoms with E-state index in [2.05, 4.69) is 10.6 Å². The molecule has 1 aromatic carbocycles. The molecule has 0 saturated carbocycles. The van der Waals surface area contributed by atoms with Crippen LogP contribution >= 0.6 is 0 Å². The van der Waals surface area contributed by atoms with Gasteiger partial charge in [0.2, 0.25) is 0 Å². The molecular formula is C13H14N4. The van der Waals surface area contributed by atoms with E-state index >= 15 is 0 Å². The van der Waals surface area contributed by atoms with Gasteiger partial charge in [0, 0.05) is 13.1 Å². The zero-order chi connectivity index (χ0) is 12.7. The van der Waals surface area contributed by atoms with Crippen LogP contribution in [-0.2, 0) is 0 Å². The second kappa shape index (κ2) is 6.19. The van der Waals surface area contributed by atoms with Gasteiger partial charge in [-0.1, -0.05) is 30.3 Å². The molecule has 0 fully saturated rings. The lowest BCUT2D eigenvalue weighted by atomic mass is 10.1. The molecule has 17 heavy (non-hydrogen) atoms. The fraction of sp³-hybridized carbons (Fsp3) is 0.231. The highest BCUT2D eigenvalue weighted by atomic mass is 15.1. The predicted molar refractivity (Wildman–Crippen MR) is 65.3 cm³/mol. The molecule has 4 nitrogen and oxygen atoms in total. The van der Waals surface area contributed by atoms with Gasteiger partial charge in [-0.2, -0.15) is 10.5 Å². The fourth-order valence-corrected chi connectivity index (χ4v) is 1.45. The van der Waals surface area contributed by atoms with Crippen LogP contribution in [0.5, 0.6) is 0 Å². The van der Waals surface area contributed by atoms with Gasteiger partial charge in [-0.15, -0.1) is 0 Å². The molecule has 1 rings (SSSR count). The van der Waals surface area contributed by atoms with Crippen molar-refractivity contribution in [3.05, 3.63) is 47.3 Å². The molecule has 0 saturated heterocycles. The summed E-state index contributed by atoms with van der Waals surface area (Å²) in [5.41, 5.74) is 1.14. The van der Waals surface area contributed by atoms with Crippen molar-refractivity contribution >= 4 is 0 Å². The van der Waals surface area contributed by atoms with Crippen molar-refractivity contribution in [3.63, 3.8) is 0 Å². The summed E-state index contributed by atoms with van der Waals surface area (Å²) in [5, 5.41) is 23.5. The van der Waals surface area contributed by atoms with Crippen LogP contribution < -0.4 is 10.6 Å². The average molecular weight is 226 g/mol. The molecule has 1 unspecified atom stereocenters. The van der Waals surface area contributed by atoms with Crippen molar-refractivity contribution in [1.29, 1.82) is 10.5 Å². The Morgan fingerprint density at radius 2 is 1.76 bits per heavy atom. The highest BCUT2D eigenvalue weighted by Gasteiger charge is 2.09. The van der Waals surface area contributed by atoms with Gasteiger partial charge in [0.1, 0.15) is 18.0 Å². The number of nitrogens with one attached hydrogen (secondary N) is 2. The summed E-state index contributed by atoms with van der Waals surface area (Å²) in [6.45, 7) is 1.97. The number of nitriles is 2. The third kappa shape index (κ3) is 3.25. The summed E-state index contributed by atoms with van der Waals surface area (Å²) in [5.74, 6) is 0.450. The lowest BCUT2D eigenvalue weighted by molar-refractivity contribution is 0.616. The summed E-state index contributed by atoms with van der Waals surface area (Å²) in [4.78, 5) is 0. The van der Waals surface area contributed by atoms with Crippen LogP contribution in [0.1, 0.15) is 18.5 Å². The van der Waals surface area contributed by atoms with Gasteiger partial charge < -0.3 is 10.6 Å². The highest BCUT2D eigenvalue weighted by molar-refractivity contribution is 5.39. The van der Waals surface area contributed by atoms with Gasteiger partial charge in [0.15, 0.2) is 5.57 Å². The Hall–Kier alpha value is -2.46. The molecule has 4 heteroatoms. The zero-order valence-electron chi connectivity index (χ0n) is 9.86. The average Bonchev–Trinajstić information content (AvgIpc) is 2.39. The summed E-state index contributed by atoms with van der Waals surface area (Å²) in [6.07, 6.45) is 0. The molecule has 0 heterocycles. The molecule has 0 amide bonds. The molecule has 2 N–H and O–H groups in total. The van der Waals surface area contributed by atoms with E-state index in [0.29, 0.717) is 5.82 Å². The third-order valence-corrected chi connectivity index (χ3v) is 2.38. The molecule has 0 aliphatic carbocycles. The Kier molecular flexibility index (Phi) is 4.59. The van der Waals surface area contributed by atoms with Gasteiger partial charge in [0.25, 0.3) is 0 Å². The van der Waals surface area contributed by atoms with Crippen molar-refractivity contribution in [2.75, 3.05) is 7.05 Å². The molecule has 1 atom stereocenters. The minimum Gasteiger partial charge on any atom is -0.373 e. The van der Waals surface area contributed by atoms with E-state index < -0.39 is 0 Å². The first-order chi connectivity index (χ1) is 8.22. The van der Waals surface area contributed by atoms with Gasteiger partial charge >= 0.3 is 0 Å². The van der Waals surface area contributed by atoms with E-state index in [9.17, 15) is 0 Å². The van der Waals surface area contributed by atoms with Crippen LogP contribution in [-0.4, -0.2) is 7.05 Å². The van der Waals surface area contributed by atoms with Crippen molar-refractivity contribution in [3.8, 4) is 12.1 Å². The Morgan fingerprint density at radius 3 is 2.24 bits per heavy atom. The number of nitrogens with zero attached hydrogens (tertiary/aromatic N) is 2. The monoisotopic (exact) mass is 226 g/mol. The maximum Gasteiger partial charge on any atom is 0.169 e. The third-order valence-electron chi connectivity index (χ3n) is 2.38. The minimum atomic E-state index is 0.0235. The molecule has 0 radical (unpaired) electrons. The quantitative estimate of drug-likeness (QED) is 0.768. The summed E-state index contributed by atoms with van der Waals surface area (Å²) >= 11 is 0. The number of rotatable bonds is 4. The summed E-state index contributed by atoms with van der Waals surface area (Å²) < 4.78 is 0. The molecule has 0 spiro atoms. The maximum absolute atomic E-state index is 8.80. The lowest BCUT2D eigenvalue weighted by Crippen LogP contribution is -2.27. The van der Waals surface area contributed by atoms with E-state index in [0.717, 1.165) is 5.56 Å². The molecule has 86 valence electrons. The number of hydrogen-bond donors (Lipinski definition) is 2. The topological polar surface area (TPSA) is 71.6 Å². The number of benzene rings is 1. The van der Waals surface area contributed by atoms with Crippen LogP contribution in [0.25, 0.3) is 0 Å². The second-order valence-electron chi connectivity index (χ2n) is 3.50. The van der Waals surface area contributed by atoms with Crippen molar-refractivity contribution < 1.29 is 0 Å². The van der Waals surface area contributed by atoms with Crippen LogP contribution in [0, 0.1) is 22.7 Å². The first kappa shape index (κ1) is 12.6. The smallest absolute Gasteiger partial charge is 0.169 e. The summed E-state index contributed by atoms with van der Waals surface area (Å²) in [7, 11) is 1.68. The zero-order valence-corrected chi connectivity index (χ0v) is 9.86. The van der Waals surface area contributed by atoms with Crippen LogP contribution in [0.15, 0.2) is 41.7 Å². The Balaban J connectivity index is 2.89. The Morgan fingerprint density at radius 1 is 1.18 bits per heavy atom. The molecular weight excluding hydrogens is 212 g/mol. The standard InChI is InChI=1S/C13H14N4/c1-10(11-6-4-3-5-7-11)17-13(16-2)12(8-14)9-15/h3-7,10,16-17H,1-2H3. The van der Waals surface area contributed by atoms with Gasteiger partial charge in [-0.05, 0) is 12.5 Å². The first-order valence-corrected chi connectivity index (χ1v) is 5.26. The van der Waals surface area contributed by atoms with Crippen molar-refractivity contribution in [2.24, 2.45) is 0 Å². The maximum atomic E-state index is 8.80. The van der Waals surface area contributed by atoms with Crippen LogP contribution in [0.2, 0.25) is 0 Å². The number of hydrogen-bond acceptors (Lipinski definition) is 4. The summed E-state index contributed by atoms with van der Waals surface area (Å²) in [6, 6.07) is 13.6. The normalized spacial score (nSPS) is 10.6. The fourth-order valence-electron chi connectivity index (χ4n) is 1.45. The van der Waals surface area contributed by atoms with Crippen molar-refractivity contribution in [2.45, 2.75) is 13.0 Å². The molecule has 0 aliphatic rings. The van der Waals surface area contributed by atoms with Crippen LogP contribution in [0.3, 0.4) is 0 Å². The first-order valence-electron chi connectivity index (χ1n) is 5.26. The van der Waals surface area contributed by atoms with Crippen LogP contribution in [0.4, 0.5) is 0 Å². The molecule has 0 aliphatic heterocycles. The minimum absolute atomic E-state index is 0.0235. The van der Waals surface area contributed by atoms with E-state index in [1.165, 1.54) is 0 Å². The van der Waals surface area contributed by atoms with Gasteiger partial charge in [-0.25, -0.2) is 0 Å². The predicted octanol–water partition coefficient (Wildman–Crippen LogP) is 1.82. The van der Waals surface area contributed by atoms with E-state index in [-0.39, 0.29) is 11.6 Å². The van der Waals surface area contributed by atoms with Gasteiger partial charge in [-0.3, -0.25) is 0 Å².